The van der Waals surface area contributed by atoms with E-state index in [1.165, 1.54) is 0 Å². The maximum atomic E-state index is 13.8. The van der Waals surface area contributed by atoms with Gasteiger partial charge in [-0.05, 0) is 30.7 Å². The van der Waals surface area contributed by atoms with Gasteiger partial charge < -0.3 is 15.2 Å². The van der Waals surface area contributed by atoms with E-state index in [1.54, 1.807) is 12.3 Å². The SMILES string of the molecule is N#Cc1ccc(Cn2c(N3CC[C@H](F)[C@H](N)C3)nc3ccccc32)nc1. The zero-order valence-corrected chi connectivity index (χ0v) is 14.2. The molecule has 0 aliphatic carbocycles. The molecule has 1 saturated heterocycles. The highest BCUT2D eigenvalue weighted by molar-refractivity contribution is 5.79. The van der Waals surface area contributed by atoms with Crippen LogP contribution in [-0.4, -0.2) is 39.8 Å². The Balaban J connectivity index is 1.73. The molecular formula is C19H19FN6. The smallest absolute Gasteiger partial charge is 0.206 e. The van der Waals surface area contributed by atoms with Crippen molar-refractivity contribution in [2.24, 2.45) is 5.73 Å². The first kappa shape index (κ1) is 16.5. The van der Waals surface area contributed by atoms with E-state index in [2.05, 4.69) is 15.6 Å². The number of alkyl halides is 1. The molecule has 2 atom stereocenters. The van der Waals surface area contributed by atoms with Crippen molar-refractivity contribution in [1.29, 1.82) is 5.26 Å². The van der Waals surface area contributed by atoms with E-state index in [1.807, 2.05) is 35.2 Å². The van der Waals surface area contributed by atoms with Crippen molar-refractivity contribution >= 4 is 17.0 Å². The van der Waals surface area contributed by atoms with E-state index in [0.29, 0.717) is 31.6 Å². The van der Waals surface area contributed by atoms with Gasteiger partial charge in [0.1, 0.15) is 12.2 Å². The van der Waals surface area contributed by atoms with E-state index in [9.17, 15) is 4.39 Å². The Morgan fingerprint density at radius 2 is 2.12 bits per heavy atom. The zero-order chi connectivity index (χ0) is 18.1. The molecule has 0 spiro atoms. The molecule has 4 rings (SSSR count). The number of fused-ring (bicyclic) bond motifs is 1. The number of pyridine rings is 1. The summed E-state index contributed by atoms with van der Waals surface area (Å²) in [4.78, 5) is 11.2. The summed E-state index contributed by atoms with van der Waals surface area (Å²) < 4.78 is 15.9. The van der Waals surface area contributed by atoms with Crippen molar-refractivity contribution in [3.05, 3.63) is 53.9 Å². The number of anilines is 1. The fourth-order valence-electron chi connectivity index (χ4n) is 3.34. The molecule has 2 aromatic heterocycles. The summed E-state index contributed by atoms with van der Waals surface area (Å²) in [7, 11) is 0. The van der Waals surface area contributed by atoms with Crippen molar-refractivity contribution in [2.45, 2.75) is 25.2 Å². The van der Waals surface area contributed by atoms with Crippen molar-refractivity contribution in [3.63, 3.8) is 0 Å². The molecular weight excluding hydrogens is 331 g/mol. The average molecular weight is 350 g/mol. The van der Waals surface area contributed by atoms with Gasteiger partial charge in [0.2, 0.25) is 5.95 Å². The standard InChI is InChI=1S/C19H19FN6/c20-15-7-8-25(12-16(15)22)19-24-17-3-1-2-4-18(17)26(19)11-14-6-5-13(9-21)10-23-14/h1-6,10,15-16H,7-8,11-12,22H2/t15-,16+/m0/s1. The normalized spacial score (nSPS) is 20.3. The van der Waals surface area contributed by atoms with Crippen LogP contribution in [0.3, 0.4) is 0 Å². The quantitative estimate of drug-likeness (QED) is 0.783. The van der Waals surface area contributed by atoms with Gasteiger partial charge in [-0.25, -0.2) is 9.37 Å². The molecule has 0 bridgehead atoms. The minimum Gasteiger partial charge on any atom is -0.340 e. The lowest BCUT2D eigenvalue weighted by atomic mass is 10.1. The summed E-state index contributed by atoms with van der Waals surface area (Å²) in [6.45, 7) is 1.54. The van der Waals surface area contributed by atoms with Gasteiger partial charge in [0.15, 0.2) is 0 Å². The number of nitrogens with two attached hydrogens (primary N) is 1. The Kier molecular flexibility index (Phi) is 4.27. The van der Waals surface area contributed by atoms with Gasteiger partial charge in [-0.2, -0.15) is 5.26 Å². The van der Waals surface area contributed by atoms with Crippen LogP contribution in [0, 0.1) is 11.3 Å². The summed E-state index contributed by atoms with van der Waals surface area (Å²) in [6.07, 6.45) is 1.00. The van der Waals surface area contributed by atoms with Gasteiger partial charge in [-0.1, -0.05) is 12.1 Å². The van der Waals surface area contributed by atoms with Gasteiger partial charge in [-0.15, -0.1) is 0 Å². The molecule has 3 aromatic rings. The summed E-state index contributed by atoms with van der Waals surface area (Å²) in [6, 6.07) is 13.1. The molecule has 1 fully saturated rings. The van der Waals surface area contributed by atoms with Gasteiger partial charge in [0, 0.05) is 19.3 Å². The summed E-state index contributed by atoms with van der Waals surface area (Å²) in [5.41, 5.74) is 9.17. The van der Waals surface area contributed by atoms with Crippen LogP contribution in [0.25, 0.3) is 11.0 Å². The fraction of sp³-hybridized carbons (Fsp3) is 0.316. The second-order valence-corrected chi connectivity index (χ2v) is 6.55. The molecule has 0 radical (unpaired) electrons. The Morgan fingerprint density at radius 3 is 2.85 bits per heavy atom. The molecule has 7 heteroatoms. The summed E-state index contributed by atoms with van der Waals surface area (Å²) >= 11 is 0. The van der Waals surface area contributed by atoms with Gasteiger partial charge >= 0.3 is 0 Å². The number of nitrogens with zero attached hydrogens (tertiary/aromatic N) is 5. The minimum absolute atomic E-state index is 0.402. The van der Waals surface area contributed by atoms with Crippen LogP contribution in [0.1, 0.15) is 17.7 Å². The number of aromatic nitrogens is 3. The highest BCUT2D eigenvalue weighted by atomic mass is 19.1. The lowest BCUT2D eigenvalue weighted by Gasteiger charge is -2.34. The number of para-hydroxylation sites is 2. The van der Waals surface area contributed by atoms with Crippen LogP contribution in [0.2, 0.25) is 0 Å². The molecule has 0 saturated carbocycles. The number of hydrogen-bond donors (Lipinski definition) is 1. The Labute approximate surface area is 150 Å². The van der Waals surface area contributed by atoms with E-state index in [4.69, 9.17) is 16.0 Å². The summed E-state index contributed by atoms with van der Waals surface area (Å²) in [5, 5.41) is 8.93. The Hall–Kier alpha value is -2.98. The second kappa shape index (κ2) is 6.73. The van der Waals surface area contributed by atoms with Crippen molar-refractivity contribution in [3.8, 4) is 6.07 Å². The van der Waals surface area contributed by atoms with Crippen molar-refractivity contribution < 1.29 is 4.39 Å². The van der Waals surface area contributed by atoms with Gasteiger partial charge in [0.05, 0.1) is 34.9 Å². The average Bonchev–Trinajstić information content (AvgIpc) is 3.03. The first-order chi connectivity index (χ1) is 12.7. The molecule has 1 aromatic carbocycles. The van der Waals surface area contributed by atoms with E-state index in [-0.39, 0.29) is 0 Å². The predicted octanol–water partition coefficient (Wildman–Crippen LogP) is 2.23. The van der Waals surface area contributed by atoms with Crippen LogP contribution in [0.15, 0.2) is 42.6 Å². The monoisotopic (exact) mass is 350 g/mol. The molecule has 26 heavy (non-hydrogen) atoms. The van der Waals surface area contributed by atoms with Crippen LogP contribution in [0.5, 0.6) is 0 Å². The summed E-state index contributed by atoms with van der Waals surface area (Å²) in [5.74, 6) is 0.778. The van der Waals surface area contributed by atoms with Crippen molar-refractivity contribution in [2.75, 3.05) is 18.0 Å². The molecule has 132 valence electrons. The van der Waals surface area contributed by atoms with Gasteiger partial charge in [0.25, 0.3) is 0 Å². The highest BCUT2D eigenvalue weighted by Gasteiger charge is 2.29. The molecule has 0 amide bonds. The molecule has 0 unspecified atom stereocenters. The fourth-order valence-corrected chi connectivity index (χ4v) is 3.34. The second-order valence-electron chi connectivity index (χ2n) is 6.55. The van der Waals surface area contributed by atoms with Crippen LogP contribution in [-0.2, 0) is 6.54 Å². The largest absolute Gasteiger partial charge is 0.340 e. The minimum atomic E-state index is -0.968. The predicted molar refractivity (Wildman–Crippen MR) is 97.5 cm³/mol. The number of halogens is 1. The van der Waals surface area contributed by atoms with Crippen molar-refractivity contribution in [1.82, 2.24) is 14.5 Å². The Morgan fingerprint density at radius 1 is 1.27 bits per heavy atom. The lowest BCUT2D eigenvalue weighted by Crippen LogP contribution is -2.50. The Bertz CT molecular complexity index is 958. The van der Waals surface area contributed by atoms with Crippen LogP contribution >= 0.6 is 0 Å². The first-order valence-corrected chi connectivity index (χ1v) is 8.60. The molecule has 3 heterocycles. The molecule has 1 aliphatic rings. The zero-order valence-electron chi connectivity index (χ0n) is 14.2. The number of imidazole rings is 1. The third kappa shape index (κ3) is 3.00. The van der Waals surface area contributed by atoms with Gasteiger partial charge in [-0.3, -0.25) is 4.98 Å². The third-order valence-corrected chi connectivity index (χ3v) is 4.76. The number of hydrogen-bond acceptors (Lipinski definition) is 5. The highest BCUT2D eigenvalue weighted by Crippen LogP contribution is 2.26. The molecule has 1 aliphatic heterocycles. The number of piperidine rings is 1. The van der Waals surface area contributed by atoms with Crippen LogP contribution < -0.4 is 10.6 Å². The molecule has 2 N–H and O–H groups in total. The topological polar surface area (TPSA) is 83.8 Å². The first-order valence-electron chi connectivity index (χ1n) is 8.60. The van der Waals surface area contributed by atoms with E-state index in [0.717, 1.165) is 22.7 Å². The van der Waals surface area contributed by atoms with E-state index >= 15 is 0 Å². The lowest BCUT2D eigenvalue weighted by molar-refractivity contribution is 0.243. The maximum Gasteiger partial charge on any atom is 0.206 e. The number of rotatable bonds is 3. The van der Waals surface area contributed by atoms with Crippen LogP contribution in [0.4, 0.5) is 10.3 Å². The number of benzene rings is 1. The van der Waals surface area contributed by atoms with E-state index < -0.39 is 12.2 Å². The third-order valence-electron chi connectivity index (χ3n) is 4.76. The maximum absolute atomic E-state index is 13.8. The molecule has 6 nitrogen and oxygen atoms in total. The number of nitriles is 1.